The number of nitrogens with one attached hydrogen (secondary N) is 1. The maximum Gasteiger partial charge on any atom is 0.389 e. The number of nitrogens with two attached hydrogens (primary N) is 1. The Hall–Kier alpha value is -0.790. The summed E-state index contributed by atoms with van der Waals surface area (Å²) in [4.78, 5) is 0. The predicted molar refractivity (Wildman–Crippen MR) is 66.0 cm³/mol. The van der Waals surface area contributed by atoms with Crippen molar-refractivity contribution in [2.45, 2.75) is 25.1 Å². The summed E-state index contributed by atoms with van der Waals surface area (Å²) < 4.78 is 42.4. The molecule has 0 saturated heterocycles. The zero-order chi connectivity index (χ0) is 13.8. The lowest BCUT2D eigenvalue weighted by molar-refractivity contribution is -0.136. The van der Waals surface area contributed by atoms with Crippen LogP contribution >= 0.6 is 15.9 Å². The molecule has 1 aromatic carbocycles. The number of hydrazine groups is 1. The van der Waals surface area contributed by atoms with Crippen LogP contribution in [-0.4, -0.2) is 13.3 Å². The van der Waals surface area contributed by atoms with E-state index in [1.54, 1.807) is 18.2 Å². The lowest BCUT2D eigenvalue weighted by Gasteiger charge is -2.19. The van der Waals surface area contributed by atoms with Crippen LogP contribution in [-0.2, 0) is 0 Å². The summed E-state index contributed by atoms with van der Waals surface area (Å²) in [6.07, 6.45) is -5.22. The molecule has 1 unspecified atom stereocenters. The molecule has 102 valence electrons. The fourth-order valence-electron chi connectivity index (χ4n) is 1.55. The number of hydrogen-bond acceptors (Lipinski definition) is 3. The molecule has 0 fully saturated rings. The van der Waals surface area contributed by atoms with Crippen molar-refractivity contribution in [1.82, 2.24) is 5.43 Å². The van der Waals surface area contributed by atoms with Gasteiger partial charge in [0.2, 0.25) is 0 Å². The molecule has 0 aliphatic carbocycles. The van der Waals surface area contributed by atoms with Crippen molar-refractivity contribution in [1.29, 1.82) is 0 Å². The Morgan fingerprint density at radius 1 is 1.44 bits per heavy atom. The first kappa shape index (κ1) is 15.3. The van der Waals surface area contributed by atoms with Crippen LogP contribution in [0.2, 0.25) is 0 Å². The van der Waals surface area contributed by atoms with Crippen LogP contribution in [0, 0.1) is 0 Å². The number of methoxy groups -OCH3 is 1. The van der Waals surface area contributed by atoms with Gasteiger partial charge < -0.3 is 4.74 Å². The van der Waals surface area contributed by atoms with Gasteiger partial charge in [0.05, 0.1) is 7.11 Å². The number of rotatable bonds is 5. The van der Waals surface area contributed by atoms with E-state index in [4.69, 9.17) is 10.6 Å². The van der Waals surface area contributed by atoms with Gasteiger partial charge in [0.15, 0.2) is 0 Å². The van der Waals surface area contributed by atoms with Crippen LogP contribution in [0.3, 0.4) is 0 Å². The fourth-order valence-corrected chi connectivity index (χ4v) is 2.08. The second-order valence-corrected chi connectivity index (χ2v) is 4.61. The molecule has 0 aliphatic rings. The van der Waals surface area contributed by atoms with Crippen LogP contribution in [0.5, 0.6) is 5.75 Å². The molecular formula is C11H14BrF3N2O. The minimum atomic E-state index is -4.19. The van der Waals surface area contributed by atoms with Gasteiger partial charge in [-0.05, 0) is 30.2 Å². The average Bonchev–Trinajstić information content (AvgIpc) is 2.30. The van der Waals surface area contributed by atoms with Gasteiger partial charge in [-0.3, -0.25) is 11.3 Å². The molecule has 18 heavy (non-hydrogen) atoms. The second-order valence-electron chi connectivity index (χ2n) is 3.76. The fraction of sp³-hybridized carbons (Fsp3) is 0.455. The zero-order valence-electron chi connectivity index (χ0n) is 9.72. The molecule has 0 spiro atoms. The highest BCUT2D eigenvalue weighted by molar-refractivity contribution is 9.10. The molecule has 0 amide bonds. The number of benzene rings is 1. The highest BCUT2D eigenvalue weighted by Crippen LogP contribution is 2.32. The van der Waals surface area contributed by atoms with Gasteiger partial charge in [-0.15, -0.1) is 0 Å². The first-order chi connectivity index (χ1) is 8.37. The Labute approximate surface area is 112 Å². The van der Waals surface area contributed by atoms with E-state index in [1.807, 2.05) is 0 Å². The molecule has 0 heterocycles. The first-order valence-corrected chi connectivity index (χ1v) is 6.03. The molecular weight excluding hydrogens is 313 g/mol. The zero-order valence-corrected chi connectivity index (χ0v) is 11.3. The monoisotopic (exact) mass is 326 g/mol. The number of halogens is 4. The highest BCUT2D eigenvalue weighted by atomic mass is 79.9. The maximum atomic E-state index is 12.2. The van der Waals surface area contributed by atoms with Gasteiger partial charge in [-0.1, -0.05) is 15.9 Å². The predicted octanol–water partition coefficient (Wildman–Crippen LogP) is 3.30. The third-order valence-corrected chi connectivity index (χ3v) is 3.22. The SMILES string of the molecule is COc1ccc(Br)c(C(CCC(F)(F)F)NN)c1. The van der Waals surface area contributed by atoms with E-state index in [0.29, 0.717) is 15.8 Å². The number of hydrogen-bond donors (Lipinski definition) is 2. The summed E-state index contributed by atoms with van der Waals surface area (Å²) in [5.41, 5.74) is 3.04. The molecule has 1 aromatic rings. The van der Waals surface area contributed by atoms with Crippen molar-refractivity contribution in [3.8, 4) is 5.75 Å². The minimum Gasteiger partial charge on any atom is -0.497 e. The maximum absolute atomic E-state index is 12.2. The Kier molecular flexibility index (Phi) is 5.43. The number of ether oxygens (including phenoxy) is 1. The standard InChI is InChI=1S/C11H14BrF3N2O/c1-18-7-2-3-9(12)8(6-7)10(17-16)4-5-11(13,14)15/h2-3,6,10,17H,4-5,16H2,1H3. The van der Waals surface area contributed by atoms with Crippen molar-refractivity contribution >= 4 is 15.9 Å². The van der Waals surface area contributed by atoms with Crippen LogP contribution in [0.25, 0.3) is 0 Å². The summed E-state index contributed by atoms with van der Waals surface area (Å²) in [5.74, 6) is 5.89. The Bertz CT molecular complexity index is 398. The summed E-state index contributed by atoms with van der Waals surface area (Å²) >= 11 is 3.29. The first-order valence-electron chi connectivity index (χ1n) is 5.23. The van der Waals surface area contributed by atoms with Gasteiger partial charge in [0.1, 0.15) is 5.75 Å². The van der Waals surface area contributed by atoms with E-state index in [-0.39, 0.29) is 6.42 Å². The quantitative estimate of drug-likeness (QED) is 0.644. The lowest BCUT2D eigenvalue weighted by atomic mass is 10.0. The summed E-state index contributed by atoms with van der Waals surface area (Å²) in [5, 5.41) is 0. The molecule has 0 bridgehead atoms. The molecule has 3 N–H and O–H groups in total. The summed E-state index contributed by atoms with van der Waals surface area (Å²) in [7, 11) is 1.49. The molecule has 1 atom stereocenters. The minimum absolute atomic E-state index is 0.133. The molecule has 1 rings (SSSR count). The van der Waals surface area contributed by atoms with Crippen molar-refractivity contribution in [2.75, 3.05) is 7.11 Å². The van der Waals surface area contributed by atoms with E-state index >= 15 is 0 Å². The highest BCUT2D eigenvalue weighted by Gasteiger charge is 2.29. The van der Waals surface area contributed by atoms with Crippen molar-refractivity contribution in [3.05, 3.63) is 28.2 Å². The van der Waals surface area contributed by atoms with E-state index in [1.165, 1.54) is 7.11 Å². The van der Waals surface area contributed by atoms with Crippen LogP contribution in [0.1, 0.15) is 24.4 Å². The second kappa shape index (κ2) is 6.40. The summed E-state index contributed by atoms with van der Waals surface area (Å²) in [6, 6.07) is 4.50. The topological polar surface area (TPSA) is 47.3 Å². The molecule has 3 nitrogen and oxygen atoms in total. The lowest BCUT2D eigenvalue weighted by Crippen LogP contribution is -2.29. The van der Waals surface area contributed by atoms with E-state index in [9.17, 15) is 13.2 Å². The van der Waals surface area contributed by atoms with Crippen molar-refractivity contribution in [2.24, 2.45) is 5.84 Å². The number of alkyl halides is 3. The van der Waals surface area contributed by atoms with Crippen LogP contribution in [0.15, 0.2) is 22.7 Å². The van der Waals surface area contributed by atoms with Gasteiger partial charge in [0.25, 0.3) is 0 Å². The van der Waals surface area contributed by atoms with Crippen molar-refractivity contribution < 1.29 is 17.9 Å². The molecule has 0 aromatic heterocycles. The van der Waals surface area contributed by atoms with E-state index in [2.05, 4.69) is 21.4 Å². The smallest absolute Gasteiger partial charge is 0.389 e. The third-order valence-electron chi connectivity index (χ3n) is 2.50. The van der Waals surface area contributed by atoms with Crippen LogP contribution < -0.4 is 16.0 Å². The molecule has 7 heteroatoms. The van der Waals surface area contributed by atoms with Gasteiger partial charge in [0, 0.05) is 16.9 Å². The largest absolute Gasteiger partial charge is 0.497 e. The molecule has 0 radical (unpaired) electrons. The van der Waals surface area contributed by atoms with Gasteiger partial charge >= 0.3 is 6.18 Å². The normalized spacial score (nSPS) is 13.4. The van der Waals surface area contributed by atoms with E-state index in [0.717, 1.165) is 0 Å². The average molecular weight is 327 g/mol. The van der Waals surface area contributed by atoms with E-state index < -0.39 is 18.6 Å². The Morgan fingerprint density at radius 3 is 2.61 bits per heavy atom. The Balaban J connectivity index is 2.87. The van der Waals surface area contributed by atoms with Gasteiger partial charge in [-0.25, -0.2) is 0 Å². The van der Waals surface area contributed by atoms with Crippen molar-refractivity contribution in [3.63, 3.8) is 0 Å². The molecule has 0 saturated carbocycles. The summed E-state index contributed by atoms with van der Waals surface area (Å²) in [6.45, 7) is 0. The van der Waals surface area contributed by atoms with Crippen LogP contribution in [0.4, 0.5) is 13.2 Å². The van der Waals surface area contributed by atoms with Gasteiger partial charge in [-0.2, -0.15) is 13.2 Å². The Morgan fingerprint density at radius 2 is 2.11 bits per heavy atom. The molecule has 0 aliphatic heterocycles. The third kappa shape index (κ3) is 4.47.